The number of nitrogens with two attached hydrogens (primary N) is 1. The molecule has 1 atom stereocenters. The summed E-state index contributed by atoms with van der Waals surface area (Å²) < 4.78 is 0. The van der Waals surface area contributed by atoms with E-state index in [1.165, 1.54) is 19.3 Å². The van der Waals surface area contributed by atoms with Crippen LogP contribution in [0.3, 0.4) is 0 Å². The Morgan fingerprint density at radius 1 is 1.60 bits per heavy atom. The number of nitrogens with one attached hydrogen (secondary N) is 1. The SMILES string of the molecule is C[C@@H](CN)NCCC1CC1. The van der Waals surface area contributed by atoms with E-state index in [2.05, 4.69) is 12.2 Å². The van der Waals surface area contributed by atoms with Crippen LogP contribution < -0.4 is 11.1 Å². The summed E-state index contributed by atoms with van der Waals surface area (Å²) in [6.45, 7) is 4.04. The Morgan fingerprint density at radius 3 is 2.80 bits per heavy atom. The van der Waals surface area contributed by atoms with Gasteiger partial charge in [-0.15, -0.1) is 0 Å². The van der Waals surface area contributed by atoms with Gasteiger partial charge in [-0.25, -0.2) is 0 Å². The maximum Gasteiger partial charge on any atom is 0.0161 e. The van der Waals surface area contributed by atoms with Gasteiger partial charge in [-0.05, 0) is 25.8 Å². The molecule has 0 unspecified atom stereocenters. The maximum atomic E-state index is 5.44. The van der Waals surface area contributed by atoms with Crippen molar-refractivity contribution >= 4 is 0 Å². The minimum absolute atomic E-state index is 0.499. The normalized spacial score (nSPS) is 21.0. The zero-order chi connectivity index (χ0) is 7.40. The van der Waals surface area contributed by atoms with E-state index in [0.29, 0.717) is 6.04 Å². The van der Waals surface area contributed by atoms with Gasteiger partial charge in [-0.1, -0.05) is 12.8 Å². The summed E-state index contributed by atoms with van der Waals surface area (Å²) >= 11 is 0. The fraction of sp³-hybridized carbons (Fsp3) is 1.00. The summed E-state index contributed by atoms with van der Waals surface area (Å²) in [5.74, 6) is 1.04. The van der Waals surface area contributed by atoms with Crippen molar-refractivity contribution in [2.45, 2.75) is 32.2 Å². The second-order valence-corrected chi connectivity index (χ2v) is 3.32. The number of rotatable bonds is 5. The molecule has 60 valence electrons. The van der Waals surface area contributed by atoms with Crippen LogP contribution in [0.5, 0.6) is 0 Å². The van der Waals surface area contributed by atoms with Gasteiger partial charge in [0.25, 0.3) is 0 Å². The second kappa shape index (κ2) is 3.94. The topological polar surface area (TPSA) is 38.0 Å². The minimum atomic E-state index is 0.499. The summed E-state index contributed by atoms with van der Waals surface area (Å²) in [5.41, 5.74) is 5.44. The number of hydrogen-bond donors (Lipinski definition) is 2. The molecular formula is C8H18N2. The maximum absolute atomic E-state index is 5.44. The van der Waals surface area contributed by atoms with Gasteiger partial charge >= 0.3 is 0 Å². The third kappa shape index (κ3) is 3.18. The van der Waals surface area contributed by atoms with E-state index >= 15 is 0 Å². The van der Waals surface area contributed by atoms with Crippen molar-refractivity contribution < 1.29 is 0 Å². The molecule has 0 radical (unpaired) electrons. The van der Waals surface area contributed by atoms with Crippen molar-refractivity contribution in [2.24, 2.45) is 11.7 Å². The highest BCUT2D eigenvalue weighted by Gasteiger charge is 2.20. The molecule has 1 aliphatic rings. The molecule has 0 spiro atoms. The molecule has 0 aromatic heterocycles. The second-order valence-electron chi connectivity index (χ2n) is 3.32. The van der Waals surface area contributed by atoms with Crippen molar-refractivity contribution in [2.75, 3.05) is 13.1 Å². The van der Waals surface area contributed by atoms with Crippen LogP contribution in [-0.4, -0.2) is 19.1 Å². The standard InChI is InChI=1S/C8H18N2/c1-7(6-9)10-5-4-8-2-3-8/h7-8,10H,2-6,9H2,1H3/t7-/m0/s1. The van der Waals surface area contributed by atoms with E-state index in [1.807, 2.05) is 0 Å². The fourth-order valence-electron chi connectivity index (χ4n) is 1.02. The summed E-state index contributed by atoms with van der Waals surface area (Å²) in [5, 5.41) is 3.38. The molecule has 1 rings (SSSR count). The van der Waals surface area contributed by atoms with E-state index in [0.717, 1.165) is 19.0 Å². The summed E-state index contributed by atoms with van der Waals surface area (Å²) in [6, 6.07) is 0.499. The first-order valence-electron chi connectivity index (χ1n) is 4.26. The van der Waals surface area contributed by atoms with Gasteiger partial charge in [0, 0.05) is 12.6 Å². The lowest BCUT2D eigenvalue weighted by Crippen LogP contribution is -2.33. The molecule has 10 heavy (non-hydrogen) atoms. The predicted octanol–water partition coefficient (Wildman–Crippen LogP) is 0.723. The molecule has 0 amide bonds. The van der Waals surface area contributed by atoms with Crippen molar-refractivity contribution in [1.29, 1.82) is 0 Å². The largest absolute Gasteiger partial charge is 0.329 e. The van der Waals surface area contributed by atoms with Crippen LogP contribution in [0.2, 0.25) is 0 Å². The van der Waals surface area contributed by atoms with Crippen LogP contribution in [0.25, 0.3) is 0 Å². The van der Waals surface area contributed by atoms with Crippen LogP contribution in [0.15, 0.2) is 0 Å². The third-order valence-electron chi connectivity index (χ3n) is 2.10. The van der Waals surface area contributed by atoms with E-state index < -0.39 is 0 Å². The Morgan fingerprint density at radius 2 is 2.30 bits per heavy atom. The lowest BCUT2D eigenvalue weighted by atomic mass is 10.2. The summed E-state index contributed by atoms with van der Waals surface area (Å²) in [6.07, 6.45) is 4.27. The van der Waals surface area contributed by atoms with E-state index in [4.69, 9.17) is 5.73 Å². The quantitative estimate of drug-likeness (QED) is 0.593. The number of hydrogen-bond acceptors (Lipinski definition) is 2. The first-order valence-corrected chi connectivity index (χ1v) is 4.26. The molecule has 3 N–H and O–H groups in total. The van der Waals surface area contributed by atoms with Crippen LogP contribution >= 0.6 is 0 Å². The lowest BCUT2D eigenvalue weighted by Gasteiger charge is -2.09. The van der Waals surface area contributed by atoms with E-state index in [-0.39, 0.29) is 0 Å². The zero-order valence-corrected chi connectivity index (χ0v) is 6.77. The van der Waals surface area contributed by atoms with E-state index in [1.54, 1.807) is 0 Å². The van der Waals surface area contributed by atoms with Gasteiger partial charge in [0.1, 0.15) is 0 Å². The Kier molecular flexibility index (Phi) is 3.16. The molecule has 0 heterocycles. The molecular weight excluding hydrogens is 124 g/mol. The molecule has 1 saturated carbocycles. The van der Waals surface area contributed by atoms with Gasteiger partial charge < -0.3 is 11.1 Å². The van der Waals surface area contributed by atoms with Crippen LogP contribution in [-0.2, 0) is 0 Å². The molecule has 0 aromatic carbocycles. The average molecular weight is 142 g/mol. The molecule has 0 saturated heterocycles. The highest BCUT2D eigenvalue weighted by molar-refractivity contribution is 4.74. The zero-order valence-electron chi connectivity index (χ0n) is 6.77. The van der Waals surface area contributed by atoms with E-state index in [9.17, 15) is 0 Å². The van der Waals surface area contributed by atoms with Crippen molar-refractivity contribution in [1.82, 2.24) is 5.32 Å². The van der Waals surface area contributed by atoms with Crippen molar-refractivity contribution in [3.8, 4) is 0 Å². The van der Waals surface area contributed by atoms with Crippen LogP contribution in [0.1, 0.15) is 26.2 Å². The minimum Gasteiger partial charge on any atom is -0.329 e. The lowest BCUT2D eigenvalue weighted by molar-refractivity contribution is 0.528. The van der Waals surface area contributed by atoms with Crippen LogP contribution in [0.4, 0.5) is 0 Å². The van der Waals surface area contributed by atoms with Gasteiger partial charge in [0.05, 0.1) is 0 Å². The predicted molar refractivity (Wildman–Crippen MR) is 43.9 cm³/mol. The van der Waals surface area contributed by atoms with Gasteiger partial charge in [-0.3, -0.25) is 0 Å². The molecule has 1 aliphatic carbocycles. The highest BCUT2D eigenvalue weighted by Crippen LogP contribution is 2.31. The Bertz CT molecular complexity index is 89.3. The third-order valence-corrected chi connectivity index (χ3v) is 2.10. The molecule has 2 nitrogen and oxygen atoms in total. The first-order chi connectivity index (χ1) is 4.83. The highest BCUT2D eigenvalue weighted by atomic mass is 14.9. The van der Waals surface area contributed by atoms with Gasteiger partial charge in [-0.2, -0.15) is 0 Å². The van der Waals surface area contributed by atoms with Crippen molar-refractivity contribution in [3.05, 3.63) is 0 Å². The fourth-order valence-corrected chi connectivity index (χ4v) is 1.02. The van der Waals surface area contributed by atoms with Gasteiger partial charge in [0.2, 0.25) is 0 Å². The Hall–Kier alpha value is -0.0800. The monoisotopic (exact) mass is 142 g/mol. The molecule has 0 aliphatic heterocycles. The molecule has 1 fully saturated rings. The van der Waals surface area contributed by atoms with Crippen LogP contribution in [0, 0.1) is 5.92 Å². The summed E-state index contributed by atoms with van der Waals surface area (Å²) in [7, 11) is 0. The Labute approximate surface area is 63.2 Å². The molecule has 0 bridgehead atoms. The average Bonchev–Trinajstić information content (AvgIpc) is 2.71. The molecule has 0 aromatic rings. The first kappa shape index (κ1) is 8.02. The molecule has 2 heteroatoms. The van der Waals surface area contributed by atoms with Crippen molar-refractivity contribution in [3.63, 3.8) is 0 Å². The Balaban J connectivity index is 1.83. The van der Waals surface area contributed by atoms with Gasteiger partial charge in [0.15, 0.2) is 0 Å². The smallest absolute Gasteiger partial charge is 0.0161 e. The summed E-state index contributed by atoms with van der Waals surface area (Å²) in [4.78, 5) is 0.